The third-order valence-corrected chi connectivity index (χ3v) is 3.00. The van der Waals surface area contributed by atoms with E-state index < -0.39 is 0 Å². The summed E-state index contributed by atoms with van der Waals surface area (Å²) in [4.78, 5) is 8.28. The van der Waals surface area contributed by atoms with Crippen molar-refractivity contribution in [3.63, 3.8) is 0 Å². The number of hydrogen-bond acceptors (Lipinski definition) is 5. The van der Waals surface area contributed by atoms with Crippen LogP contribution in [0.5, 0.6) is 0 Å². The number of aromatic nitrogens is 2. The summed E-state index contributed by atoms with van der Waals surface area (Å²) in [7, 11) is 0. The highest BCUT2D eigenvalue weighted by molar-refractivity contribution is 6.32. The molecule has 0 amide bonds. The van der Waals surface area contributed by atoms with Gasteiger partial charge in [0, 0.05) is 13.1 Å². The average molecular weight is 257 g/mol. The van der Waals surface area contributed by atoms with Gasteiger partial charge in [0.2, 0.25) is 5.95 Å². The lowest BCUT2D eigenvalue weighted by Gasteiger charge is -2.12. The molecule has 1 unspecified atom stereocenters. The Morgan fingerprint density at radius 2 is 2.29 bits per heavy atom. The summed E-state index contributed by atoms with van der Waals surface area (Å²) in [6.07, 6.45) is 3.47. The van der Waals surface area contributed by atoms with Crippen LogP contribution in [-0.2, 0) is 0 Å². The van der Waals surface area contributed by atoms with Gasteiger partial charge in [0.1, 0.15) is 5.02 Å². The van der Waals surface area contributed by atoms with Crippen molar-refractivity contribution >= 4 is 23.4 Å². The molecule has 0 saturated heterocycles. The van der Waals surface area contributed by atoms with Crippen molar-refractivity contribution < 1.29 is 5.11 Å². The molecule has 2 rings (SSSR count). The Hall–Kier alpha value is -1.07. The van der Waals surface area contributed by atoms with E-state index in [1.165, 1.54) is 0 Å². The second kappa shape index (κ2) is 5.51. The Labute approximate surface area is 106 Å². The van der Waals surface area contributed by atoms with Gasteiger partial charge in [-0.15, -0.1) is 0 Å². The predicted molar refractivity (Wildman–Crippen MR) is 68.4 cm³/mol. The predicted octanol–water partition coefficient (Wildman–Crippen LogP) is 1.74. The maximum Gasteiger partial charge on any atom is 0.224 e. The summed E-state index contributed by atoms with van der Waals surface area (Å²) >= 11 is 5.98. The minimum Gasteiger partial charge on any atom is -0.391 e. The van der Waals surface area contributed by atoms with Crippen molar-refractivity contribution in [1.82, 2.24) is 9.97 Å². The lowest BCUT2D eigenvalue weighted by atomic mass is 10.2. The van der Waals surface area contributed by atoms with Crippen LogP contribution < -0.4 is 10.6 Å². The van der Waals surface area contributed by atoms with Gasteiger partial charge in [0.25, 0.3) is 0 Å². The van der Waals surface area contributed by atoms with Crippen LogP contribution in [0.15, 0.2) is 6.20 Å². The molecule has 3 N–H and O–H groups in total. The first kappa shape index (κ1) is 12.4. The third kappa shape index (κ3) is 3.44. The Morgan fingerprint density at radius 3 is 2.94 bits per heavy atom. The average Bonchev–Trinajstić information content (AvgIpc) is 3.13. The zero-order valence-corrected chi connectivity index (χ0v) is 10.5. The van der Waals surface area contributed by atoms with Gasteiger partial charge in [-0.25, -0.2) is 4.98 Å². The monoisotopic (exact) mass is 256 g/mol. The minimum absolute atomic E-state index is 0.316. The van der Waals surface area contributed by atoms with E-state index in [0.29, 0.717) is 29.3 Å². The fourth-order valence-electron chi connectivity index (χ4n) is 1.58. The summed E-state index contributed by atoms with van der Waals surface area (Å²) in [5.74, 6) is 1.55. The first-order valence-corrected chi connectivity index (χ1v) is 6.27. The molecule has 0 radical (unpaired) electrons. The topological polar surface area (TPSA) is 70.1 Å². The van der Waals surface area contributed by atoms with E-state index in [9.17, 15) is 5.11 Å². The molecule has 1 aromatic heterocycles. The van der Waals surface area contributed by atoms with Crippen molar-refractivity contribution in [1.29, 1.82) is 0 Å². The smallest absolute Gasteiger partial charge is 0.224 e. The van der Waals surface area contributed by atoms with Gasteiger partial charge in [0.05, 0.1) is 12.3 Å². The van der Waals surface area contributed by atoms with Gasteiger partial charge in [-0.3, -0.25) is 0 Å². The molecule has 5 nitrogen and oxygen atoms in total. The van der Waals surface area contributed by atoms with E-state index in [2.05, 4.69) is 20.6 Å². The molecule has 6 heteroatoms. The molecular formula is C11H17ClN4O. The van der Waals surface area contributed by atoms with Crippen LogP contribution in [0.1, 0.15) is 19.8 Å². The molecular weight excluding hydrogens is 240 g/mol. The fourth-order valence-corrected chi connectivity index (χ4v) is 1.74. The molecule has 1 fully saturated rings. The Morgan fingerprint density at radius 1 is 1.53 bits per heavy atom. The first-order valence-electron chi connectivity index (χ1n) is 5.89. The number of nitrogens with one attached hydrogen (secondary N) is 2. The highest BCUT2D eigenvalue weighted by Gasteiger charge is 2.29. The summed E-state index contributed by atoms with van der Waals surface area (Å²) < 4.78 is 0. The van der Waals surface area contributed by atoms with Gasteiger partial charge < -0.3 is 15.7 Å². The van der Waals surface area contributed by atoms with Crippen LogP contribution in [0.3, 0.4) is 0 Å². The van der Waals surface area contributed by atoms with Crippen molar-refractivity contribution in [2.45, 2.75) is 25.9 Å². The highest BCUT2D eigenvalue weighted by atomic mass is 35.5. The van der Waals surface area contributed by atoms with E-state index >= 15 is 0 Å². The molecule has 1 aliphatic carbocycles. The molecule has 0 bridgehead atoms. The largest absolute Gasteiger partial charge is 0.391 e. The third-order valence-electron chi connectivity index (χ3n) is 2.72. The number of anilines is 2. The summed E-state index contributed by atoms with van der Waals surface area (Å²) in [5, 5.41) is 16.3. The maximum absolute atomic E-state index is 9.75. The summed E-state index contributed by atoms with van der Waals surface area (Å²) in [6, 6.07) is 0. The summed E-state index contributed by atoms with van der Waals surface area (Å²) in [6.45, 7) is 3.21. The van der Waals surface area contributed by atoms with Crippen molar-refractivity contribution in [3.05, 3.63) is 11.2 Å². The van der Waals surface area contributed by atoms with Gasteiger partial charge in [-0.05, 0) is 25.7 Å². The Balaban J connectivity index is 1.95. The fraction of sp³-hybridized carbons (Fsp3) is 0.636. The van der Waals surface area contributed by atoms with Crippen LogP contribution in [0, 0.1) is 5.92 Å². The van der Waals surface area contributed by atoms with Crippen LogP contribution in [-0.4, -0.2) is 34.3 Å². The minimum atomic E-state index is -0.316. The number of nitrogens with zero attached hydrogens (tertiary/aromatic N) is 2. The zero-order chi connectivity index (χ0) is 12.3. The normalized spacial score (nSPS) is 16.6. The van der Waals surface area contributed by atoms with Crippen molar-refractivity contribution in [2.24, 2.45) is 5.92 Å². The Bertz CT molecular complexity index is 384. The van der Waals surface area contributed by atoms with Gasteiger partial charge in [-0.2, -0.15) is 4.98 Å². The van der Waals surface area contributed by atoms with Crippen LogP contribution in [0.4, 0.5) is 11.8 Å². The molecule has 1 heterocycles. The standard InChI is InChI=1S/C11H17ClN4O/c1-2-13-11-15-5-8(12)10(16-11)14-6-9(17)7-3-4-7/h5,7,9,17H,2-4,6H2,1H3,(H2,13,14,15,16). The Kier molecular flexibility index (Phi) is 4.02. The maximum atomic E-state index is 9.75. The van der Waals surface area contributed by atoms with E-state index in [1.54, 1.807) is 6.20 Å². The first-order chi connectivity index (χ1) is 8.20. The second-order valence-corrected chi connectivity index (χ2v) is 4.61. The molecule has 1 atom stereocenters. The lowest BCUT2D eigenvalue weighted by Crippen LogP contribution is -2.22. The lowest BCUT2D eigenvalue weighted by molar-refractivity contribution is 0.164. The number of hydrogen-bond donors (Lipinski definition) is 3. The summed E-state index contributed by atoms with van der Waals surface area (Å²) in [5.41, 5.74) is 0. The van der Waals surface area contributed by atoms with E-state index in [0.717, 1.165) is 19.4 Å². The van der Waals surface area contributed by atoms with Gasteiger partial charge in [0.15, 0.2) is 5.82 Å². The molecule has 0 spiro atoms. The van der Waals surface area contributed by atoms with Gasteiger partial charge in [-0.1, -0.05) is 11.6 Å². The number of halogens is 1. The zero-order valence-electron chi connectivity index (χ0n) is 9.78. The highest BCUT2D eigenvalue weighted by Crippen LogP contribution is 2.32. The molecule has 17 heavy (non-hydrogen) atoms. The quantitative estimate of drug-likeness (QED) is 0.723. The molecule has 0 aromatic carbocycles. The van der Waals surface area contributed by atoms with Crippen LogP contribution in [0.25, 0.3) is 0 Å². The van der Waals surface area contributed by atoms with Gasteiger partial charge >= 0.3 is 0 Å². The second-order valence-electron chi connectivity index (χ2n) is 4.21. The molecule has 0 aliphatic heterocycles. The van der Waals surface area contributed by atoms with E-state index in [-0.39, 0.29) is 6.10 Å². The molecule has 1 saturated carbocycles. The van der Waals surface area contributed by atoms with Crippen molar-refractivity contribution in [2.75, 3.05) is 23.7 Å². The SMILES string of the molecule is CCNc1ncc(Cl)c(NCC(O)C2CC2)n1. The van der Waals surface area contributed by atoms with Crippen molar-refractivity contribution in [3.8, 4) is 0 Å². The number of rotatable bonds is 6. The van der Waals surface area contributed by atoms with E-state index in [1.807, 2.05) is 6.92 Å². The van der Waals surface area contributed by atoms with Crippen LogP contribution in [0.2, 0.25) is 5.02 Å². The molecule has 94 valence electrons. The number of aliphatic hydroxyl groups excluding tert-OH is 1. The molecule has 1 aromatic rings. The molecule has 1 aliphatic rings. The van der Waals surface area contributed by atoms with E-state index in [4.69, 9.17) is 11.6 Å². The number of aliphatic hydroxyl groups is 1. The van der Waals surface area contributed by atoms with Crippen LogP contribution >= 0.6 is 11.6 Å².